The number of rotatable bonds is 6. The van der Waals surface area contributed by atoms with Gasteiger partial charge in [0.1, 0.15) is 11.6 Å². The summed E-state index contributed by atoms with van der Waals surface area (Å²) in [5.74, 6) is 1.34. The minimum atomic E-state index is -0.165. The number of hydrogen-bond donors (Lipinski definition) is 1. The van der Waals surface area contributed by atoms with Gasteiger partial charge in [-0.1, -0.05) is 19.1 Å². The Morgan fingerprint density at radius 2 is 2.17 bits per heavy atom. The zero-order valence-electron chi connectivity index (χ0n) is 10.3. The molecule has 0 saturated heterocycles. The van der Waals surface area contributed by atoms with Gasteiger partial charge in [0, 0.05) is 11.4 Å². The minimum absolute atomic E-state index is 0.165. The summed E-state index contributed by atoms with van der Waals surface area (Å²) in [6, 6.07) is 8.95. The number of halogens is 1. The zero-order valence-corrected chi connectivity index (χ0v) is 11.1. The van der Waals surface area contributed by atoms with Crippen LogP contribution in [-0.4, -0.2) is 6.54 Å². The van der Waals surface area contributed by atoms with E-state index in [4.69, 9.17) is 4.42 Å². The molecule has 0 bridgehead atoms. The Morgan fingerprint density at radius 1 is 1.28 bits per heavy atom. The largest absolute Gasteiger partial charge is 0.468 e. The topological polar surface area (TPSA) is 25.2 Å². The van der Waals surface area contributed by atoms with Gasteiger partial charge < -0.3 is 9.73 Å². The molecule has 0 aliphatic carbocycles. The molecular formula is C14H16FNOS. The van der Waals surface area contributed by atoms with Gasteiger partial charge in [0.05, 0.1) is 12.0 Å². The molecular weight excluding hydrogens is 249 g/mol. The highest BCUT2D eigenvalue weighted by atomic mass is 32.2. The van der Waals surface area contributed by atoms with Crippen molar-refractivity contribution < 1.29 is 8.81 Å². The van der Waals surface area contributed by atoms with Gasteiger partial charge in [-0.25, -0.2) is 4.39 Å². The van der Waals surface area contributed by atoms with E-state index in [1.54, 1.807) is 12.3 Å². The fourth-order valence-corrected chi connectivity index (χ4v) is 2.63. The predicted octanol–water partition coefficient (Wildman–Crippen LogP) is 3.82. The molecule has 2 rings (SSSR count). The number of hydrogen-bond acceptors (Lipinski definition) is 3. The standard InChI is InChI=1S/C14H16FNOS/c1-2-16-9-11-5-3-7-13(15)14(11)18-10-12-6-4-8-17-12/h3-8,16H,2,9-10H2,1H3. The van der Waals surface area contributed by atoms with Gasteiger partial charge in [0.25, 0.3) is 0 Å². The van der Waals surface area contributed by atoms with E-state index >= 15 is 0 Å². The first-order chi connectivity index (χ1) is 8.81. The summed E-state index contributed by atoms with van der Waals surface area (Å²) in [5.41, 5.74) is 0.994. The Bertz CT molecular complexity index is 485. The number of furan rings is 1. The Kier molecular flexibility index (Phi) is 4.84. The third-order valence-corrected chi connectivity index (χ3v) is 3.73. The van der Waals surface area contributed by atoms with Crippen LogP contribution in [0, 0.1) is 5.82 Å². The summed E-state index contributed by atoms with van der Waals surface area (Å²) in [7, 11) is 0. The van der Waals surface area contributed by atoms with Crippen molar-refractivity contribution in [2.45, 2.75) is 24.1 Å². The van der Waals surface area contributed by atoms with Crippen molar-refractivity contribution in [2.75, 3.05) is 6.54 Å². The van der Waals surface area contributed by atoms with Crippen LogP contribution in [0.3, 0.4) is 0 Å². The van der Waals surface area contributed by atoms with Crippen LogP contribution >= 0.6 is 11.8 Å². The predicted molar refractivity (Wildman–Crippen MR) is 72.0 cm³/mol. The maximum Gasteiger partial charge on any atom is 0.137 e. The highest BCUT2D eigenvalue weighted by Crippen LogP contribution is 2.29. The fourth-order valence-electron chi connectivity index (χ4n) is 1.65. The second-order valence-corrected chi connectivity index (χ2v) is 4.86. The molecule has 0 aliphatic heterocycles. The van der Waals surface area contributed by atoms with Gasteiger partial charge in [-0.2, -0.15) is 0 Å². The lowest BCUT2D eigenvalue weighted by Gasteiger charge is -2.10. The first kappa shape index (κ1) is 13.2. The van der Waals surface area contributed by atoms with E-state index in [0.29, 0.717) is 17.2 Å². The Hall–Kier alpha value is -1.26. The van der Waals surface area contributed by atoms with Crippen molar-refractivity contribution in [1.82, 2.24) is 5.32 Å². The number of nitrogens with one attached hydrogen (secondary N) is 1. The molecule has 2 aromatic rings. The molecule has 2 nitrogen and oxygen atoms in total. The quantitative estimate of drug-likeness (QED) is 0.804. The minimum Gasteiger partial charge on any atom is -0.468 e. The third-order valence-electron chi connectivity index (χ3n) is 2.55. The lowest BCUT2D eigenvalue weighted by molar-refractivity contribution is 0.530. The highest BCUT2D eigenvalue weighted by molar-refractivity contribution is 7.98. The van der Waals surface area contributed by atoms with Crippen molar-refractivity contribution in [1.29, 1.82) is 0 Å². The molecule has 18 heavy (non-hydrogen) atoms. The molecule has 0 unspecified atom stereocenters. The van der Waals surface area contributed by atoms with Crippen LogP contribution in [0.4, 0.5) is 4.39 Å². The van der Waals surface area contributed by atoms with Crippen LogP contribution in [0.15, 0.2) is 45.9 Å². The number of benzene rings is 1. The van der Waals surface area contributed by atoms with Crippen LogP contribution in [-0.2, 0) is 12.3 Å². The van der Waals surface area contributed by atoms with Gasteiger partial charge in [-0.3, -0.25) is 0 Å². The van der Waals surface area contributed by atoms with Crippen LogP contribution in [0.25, 0.3) is 0 Å². The van der Waals surface area contributed by atoms with E-state index < -0.39 is 0 Å². The molecule has 4 heteroatoms. The molecule has 0 aliphatic rings. The molecule has 0 amide bonds. The van der Waals surface area contributed by atoms with Crippen molar-refractivity contribution >= 4 is 11.8 Å². The first-order valence-electron chi connectivity index (χ1n) is 5.94. The van der Waals surface area contributed by atoms with Crippen LogP contribution in [0.1, 0.15) is 18.2 Å². The molecule has 1 N–H and O–H groups in total. The monoisotopic (exact) mass is 265 g/mol. The molecule has 0 atom stereocenters. The summed E-state index contributed by atoms with van der Waals surface area (Å²) in [6.45, 7) is 3.60. The maximum atomic E-state index is 13.8. The van der Waals surface area contributed by atoms with Crippen LogP contribution in [0.5, 0.6) is 0 Å². The van der Waals surface area contributed by atoms with E-state index in [2.05, 4.69) is 5.32 Å². The highest BCUT2D eigenvalue weighted by Gasteiger charge is 2.09. The summed E-state index contributed by atoms with van der Waals surface area (Å²) in [5, 5.41) is 3.22. The van der Waals surface area contributed by atoms with E-state index in [9.17, 15) is 4.39 Å². The Labute approximate surface area is 111 Å². The molecule has 0 fully saturated rings. The Morgan fingerprint density at radius 3 is 2.89 bits per heavy atom. The molecule has 0 spiro atoms. The van der Waals surface area contributed by atoms with Crippen molar-refractivity contribution in [3.05, 3.63) is 53.7 Å². The molecule has 1 aromatic heterocycles. The van der Waals surface area contributed by atoms with E-state index in [1.807, 2.05) is 25.1 Å². The average molecular weight is 265 g/mol. The fraction of sp³-hybridized carbons (Fsp3) is 0.286. The third kappa shape index (κ3) is 3.37. The molecule has 1 heterocycles. The molecule has 0 saturated carbocycles. The van der Waals surface area contributed by atoms with Crippen molar-refractivity contribution in [2.24, 2.45) is 0 Å². The van der Waals surface area contributed by atoms with Crippen molar-refractivity contribution in [3.63, 3.8) is 0 Å². The maximum absolute atomic E-state index is 13.8. The zero-order chi connectivity index (χ0) is 12.8. The Balaban J connectivity index is 2.09. The second-order valence-electron chi connectivity index (χ2n) is 3.88. The lowest BCUT2D eigenvalue weighted by Crippen LogP contribution is -2.12. The molecule has 96 valence electrons. The summed E-state index contributed by atoms with van der Waals surface area (Å²) in [6.07, 6.45) is 1.64. The number of thioether (sulfide) groups is 1. The summed E-state index contributed by atoms with van der Waals surface area (Å²) >= 11 is 1.47. The van der Waals surface area contributed by atoms with Gasteiger partial charge in [0.15, 0.2) is 0 Å². The van der Waals surface area contributed by atoms with Crippen LogP contribution in [0.2, 0.25) is 0 Å². The van der Waals surface area contributed by atoms with Gasteiger partial charge in [-0.05, 0) is 30.3 Å². The smallest absolute Gasteiger partial charge is 0.137 e. The molecule has 0 radical (unpaired) electrons. The van der Waals surface area contributed by atoms with E-state index in [-0.39, 0.29) is 5.82 Å². The van der Waals surface area contributed by atoms with Crippen molar-refractivity contribution in [3.8, 4) is 0 Å². The van der Waals surface area contributed by atoms with Gasteiger partial charge in [0.2, 0.25) is 0 Å². The second kappa shape index (κ2) is 6.61. The van der Waals surface area contributed by atoms with Gasteiger partial charge in [-0.15, -0.1) is 11.8 Å². The van der Waals surface area contributed by atoms with E-state index in [0.717, 1.165) is 17.9 Å². The normalized spacial score (nSPS) is 10.8. The summed E-state index contributed by atoms with van der Waals surface area (Å²) in [4.78, 5) is 0.704. The van der Waals surface area contributed by atoms with Crippen LogP contribution < -0.4 is 5.32 Å². The molecule has 1 aromatic carbocycles. The van der Waals surface area contributed by atoms with E-state index in [1.165, 1.54) is 17.8 Å². The average Bonchev–Trinajstić information content (AvgIpc) is 2.88. The SMILES string of the molecule is CCNCc1cccc(F)c1SCc1ccco1. The van der Waals surface area contributed by atoms with Gasteiger partial charge >= 0.3 is 0 Å². The lowest BCUT2D eigenvalue weighted by atomic mass is 10.2. The summed E-state index contributed by atoms with van der Waals surface area (Å²) < 4.78 is 19.1. The first-order valence-corrected chi connectivity index (χ1v) is 6.93.